The second kappa shape index (κ2) is 756. The Labute approximate surface area is 299 Å². The third-order valence-corrected chi connectivity index (χ3v) is 0. The van der Waals surface area contributed by atoms with Crippen LogP contribution in [0.25, 0.3) is 0 Å². The molecule has 0 saturated heterocycles. The quantitative estimate of drug-likeness (QED) is 0.225. The van der Waals surface area contributed by atoms with E-state index < -0.39 is 0 Å². The third kappa shape index (κ3) is 8210. The van der Waals surface area contributed by atoms with Gasteiger partial charge in [-0.15, -0.1) is 0 Å². The number of carbonyl (C=O) groups is 9. The van der Waals surface area contributed by atoms with E-state index in [4.69, 9.17) is 33.6 Å². The predicted molar refractivity (Wildman–Crippen MR) is 217 cm³/mol. The SMILES string of the molecule is CC.CC.CC.CC.CC.CC.CC.CC.CC.CC(C)=O.CC(C)=O.CC=O.CC=O.CC=O.CC=O.CC=O.CC=O.CC=O. The molecule has 0 aromatic carbocycles. The van der Waals surface area contributed by atoms with Crippen LogP contribution in [0.3, 0.4) is 0 Å². The first-order valence-electron chi connectivity index (χ1n) is 17.1. The fourth-order valence-electron chi connectivity index (χ4n) is 0. The minimum absolute atomic E-state index is 0.167. The van der Waals surface area contributed by atoms with Gasteiger partial charge in [0.2, 0.25) is 0 Å². The van der Waals surface area contributed by atoms with Crippen LogP contribution in [0.4, 0.5) is 0 Å². The zero-order valence-corrected chi connectivity index (χ0v) is 37.7. The van der Waals surface area contributed by atoms with Gasteiger partial charge in [0.25, 0.3) is 0 Å². The van der Waals surface area contributed by atoms with E-state index in [0.29, 0.717) is 0 Å². The Kier molecular flexibility index (Phi) is 1930. The van der Waals surface area contributed by atoms with Crippen molar-refractivity contribution in [1.29, 1.82) is 0 Å². The standard InChI is InChI=1S/2C3H6O.7C2H4O.9C2H6/c2*1-3(2)4;7*1-2-3;9*1-2/h2*1-2H3;7*2H,1H3;9*1-2H3. The van der Waals surface area contributed by atoms with Gasteiger partial charge in [0.15, 0.2) is 0 Å². The normalized spacial score (nSPS) is 4.19. The van der Waals surface area contributed by atoms with Gasteiger partial charge in [-0.05, 0) is 76.2 Å². The summed E-state index contributed by atoms with van der Waals surface area (Å²) in [6.45, 7) is 52.2. The van der Waals surface area contributed by atoms with E-state index in [2.05, 4.69) is 0 Å². The van der Waals surface area contributed by atoms with E-state index >= 15 is 0 Å². The Morgan fingerprint density at radius 1 is 0.234 bits per heavy atom. The molecule has 0 aliphatic carbocycles. The van der Waals surface area contributed by atoms with E-state index in [9.17, 15) is 9.59 Å². The first kappa shape index (κ1) is 120. The molecular weight excluding hydrogens is 600 g/mol. The molecule has 0 fully saturated rings. The first-order chi connectivity index (χ1) is 22.4. The largest absolute Gasteiger partial charge is 0.304 e. The number of carbonyl (C=O) groups excluding carboxylic acids is 9. The lowest BCUT2D eigenvalue weighted by atomic mass is 10.6. The van der Waals surface area contributed by atoms with Crippen LogP contribution in [0, 0.1) is 0 Å². The summed E-state index contributed by atoms with van der Waals surface area (Å²) in [7, 11) is 0. The van der Waals surface area contributed by atoms with Gasteiger partial charge in [-0.1, -0.05) is 125 Å². The molecule has 9 heteroatoms. The molecule has 0 aliphatic heterocycles. The summed E-state index contributed by atoms with van der Waals surface area (Å²) in [6.07, 6.45) is 5.25. The lowest BCUT2D eigenvalue weighted by Crippen LogP contribution is -1.69. The second-order valence-electron chi connectivity index (χ2n) is 3.47. The summed E-state index contributed by atoms with van der Waals surface area (Å²) in [5.74, 6) is 0.333. The van der Waals surface area contributed by atoms with Gasteiger partial charge in [-0.2, -0.15) is 0 Å². The molecule has 0 aromatic rings. The summed E-state index contributed by atoms with van der Waals surface area (Å²) < 4.78 is 0. The molecule has 0 aromatic heterocycles. The van der Waals surface area contributed by atoms with Crippen molar-refractivity contribution < 1.29 is 43.2 Å². The molecule has 0 atom stereocenters. The van der Waals surface area contributed by atoms with Crippen molar-refractivity contribution in [3.05, 3.63) is 0 Å². The fourth-order valence-corrected chi connectivity index (χ4v) is 0. The van der Waals surface area contributed by atoms with Crippen molar-refractivity contribution in [3.63, 3.8) is 0 Å². The predicted octanol–water partition coefficient (Wildman–Crippen LogP) is 11.9. The maximum Gasteiger partial charge on any atom is 0.126 e. The molecule has 0 spiro atoms. The van der Waals surface area contributed by atoms with Gasteiger partial charge in [-0.3, -0.25) is 0 Å². The van der Waals surface area contributed by atoms with Crippen molar-refractivity contribution in [1.82, 2.24) is 0 Å². The summed E-state index contributed by atoms with van der Waals surface area (Å²) in [5.41, 5.74) is 0. The summed E-state index contributed by atoms with van der Waals surface area (Å²) in [5, 5.41) is 0. The van der Waals surface area contributed by atoms with Crippen LogP contribution in [0.15, 0.2) is 0 Å². The van der Waals surface area contributed by atoms with Crippen LogP contribution in [-0.2, 0) is 43.2 Å². The molecule has 0 rings (SSSR count). The molecule has 0 amide bonds. The van der Waals surface area contributed by atoms with Crippen molar-refractivity contribution in [2.24, 2.45) is 0 Å². The van der Waals surface area contributed by atoms with Crippen LogP contribution in [0.2, 0.25) is 0 Å². The Balaban J connectivity index is -0.0000000119. The molecule has 0 bridgehead atoms. The average molecular weight is 695 g/mol. The molecule has 0 unspecified atom stereocenters. The lowest BCUT2D eigenvalue weighted by Gasteiger charge is -1.56. The van der Waals surface area contributed by atoms with Crippen LogP contribution in [0.5, 0.6) is 0 Å². The molecular formula is C38H94O9. The van der Waals surface area contributed by atoms with Gasteiger partial charge < -0.3 is 43.2 Å². The van der Waals surface area contributed by atoms with Crippen LogP contribution in [-0.4, -0.2) is 55.6 Å². The number of rotatable bonds is 0. The van der Waals surface area contributed by atoms with E-state index in [1.165, 1.54) is 76.2 Å². The first-order valence-corrected chi connectivity index (χ1v) is 17.1. The van der Waals surface area contributed by atoms with E-state index in [1.807, 2.05) is 125 Å². The number of hydrogen-bond acceptors (Lipinski definition) is 9. The van der Waals surface area contributed by atoms with E-state index in [1.54, 1.807) is 0 Å². The molecule has 0 heterocycles. The Morgan fingerprint density at radius 3 is 0.234 bits per heavy atom. The zero-order chi connectivity index (χ0) is 44.1. The Bertz CT molecular complexity index is 265. The van der Waals surface area contributed by atoms with Crippen LogP contribution >= 0.6 is 0 Å². The minimum atomic E-state index is 0.167. The molecule has 0 N–H and O–H groups in total. The highest BCUT2D eigenvalue weighted by Crippen LogP contribution is 1.51. The highest BCUT2D eigenvalue weighted by molar-refractivity contribution is 5.72. The number of hydrogen-bond donors (Lipinski definition) is 0. The van der Waals surface area contributed by atoms with Gasteiger partial charge in [0, 0.05) is 0 Å². The van der Waals surface area contributed by atoms with Crippen molar-refractivity contribution in [2.45, 2.75) is 201 Å². The minimum Gasteiger partial charge on any atom is -0.304 e. The van der Waals surface area contributed by atoms with Gasteiger partial charge in [0.05, 0.1) is 0 Å². The fraction of sp³-hybridized carbons (Fsp3) is 0.763. The van der Waals surface area contributed by atoms with Crippen molar-refractivity contribution in [3.8, 4) is 0 Å². The second-order valence-corrected chi connectivity index (χ2v) is 3.47. The molecule has 0 radical (unpaired) electrons. The molecule has 0 aliphatic rings. The molecule has 300 valence electrons. The number of ketones is 2. The van der Waals surface area contributed by atoms with Gasteiger partial charge in [0.1, 0.15) is 55.6 Å². The van der Waals surface area contributed by atoms with Crippen molar-refractivity contribution >= 4 is 55.6 Å². The summed E-state index contributed by atoms with van der Waals surface area (Å²) in [6, 6.07) is 0. The monoisotopic (exact) mass is 695 g/mol. The summed E-state index contributed by atoms with van der Waals surface area (Å²) >= 11 is 0. The maximum absolute atomic E-state index is 9.44. The smallest absolute Gasteiger partial charge is 0.126 e. The highest BCUT2D eigenvalue weighted by Gasteiger charge is 1.62. The van der Waals surface area contributed by atoms with E-state index in [0.717, 1.165) is 44.0 Å². The molecule has 47 heavy (non-hydrogen) atoms. The van der Waals surface area contributed by atoms with Crippen LogP contribution < -0.4 is 0 Å². The van der Waals surface area contributed by atoms with Crippen molar-refractivity contribution in [2.75, 3.05) is 0 Å². The average Bonchev–Trinajstić information content (AvgIpc) is 3.08. The molecule has 9 nitrogen and oxygen atoms in total. The maximum atomic E-state index is 9.44. The lowest BCUT2D eigenvalue weighted by molar-refractivity contribution is -0.115. The Hall–Kier alpha value is -2.97. The third-order valence-electron chi connectivity index (χ3n) is 0. The van der Waals surface area contributed by atoms with E-state index in [-0.39, 0.29) is 11.6 Å². The van der Waals surface area contributed by atoms with Gasteiger partial charge >= 0.3 is 0 Å². The molecule has 0 saturated carbocycles. The zero-order valence-electron chi connectivity index (χ0n) is 37.7. The Morgan fingerprint density at radius 2 is 0.234 bits per heavy atom. The highest BCUT2D eigenvalue weighted by atomic mass is 16.1. The summed E-state index contributed by atoms with van der Waals surface area (Å²) in [4.78, 5) is 80.5. The number of Topliss-reactive ketones (excluding diaryl/α,β-unsaturated/α-hetero) is 2. The van der Waals surface area contributed by atoms with Crippen LogP contribution in [0.1, 0.15) is 201 Å². The topological polar surface area (TPSA) is 154 Å². The number of aldehydes is 7. The van der Waals surface area contributed by atoms with Gasteiger partial charge in [-0.25, -0.2) is 0 Å².